The van der Waals surface area contributed by atoms with Crippen molar-refractivity contribution in [3.63, 3.8) is 0 Å². The molecule has 15 heavy (non-hydrogen) atoms. The fourth-order valence-electron chi connectivity index (χ4n) is 1.50. The Kier molecular flexibility index (Phi) is 2.28. The first-order chi connectivity index (χ1) is 7.09. The maximum atomic E-state index is 13.3. The summed E-state index contributed by atoms with van der Waals surface area (Å²) < 4.78 is 13.3. The summed E-state index contributed by atoms with van der Waals surface area (Å²) in [5.74, 6) is -0.582. The number of aromatic amines is 1. The summed E-state index contributed by atoms with van der Waals surface area (Å²) in [6, 6.07) is 5.72. The number of rotatable bonds is 2. The summed E-state index contributed by atoms with van der Waals surface area (Å²) in [6.45, 7) is 1.60. The Morgan fingerprint density at radius 1 is 1.53 bits per heavy atom. The molecule has 0 spiro atoms. The van der Waals surface area contributed by atoms with Gasteiger partial charge in [0, 0.05) is 5.39 Å². The molecular weight excluding hydrogens is 195 g/mol. The maximum Gasteiger partial charge on any atom is 0.195 e. The normalized spacial score (nSPS) is 13.0. The molecule has 0 aliphatic carbocycles. The molecule has 1 atom stereocenters. The van der Waals surface area contributed by atoms with Crippen molar-refractivity contribution >= 4 is 16.7 Å². The van der Waals surface area contributed by atoms with Gasteiger partial charge in [0.1, 0.15) is 5.82 Å². The molecular formula is C11H11FN2O. The Hall–Kier alpha value is -1.68. The number of benzene rings is 1. The van der Waals surface area contributed by atoms with E-state index in [4.69, 9.17) is 5.73 Å². The predicted octanol–water partition coefficient (Wildman–Crippen LogP) is 1.84. The van der Waals surface area contributed by atoms with Crippen molar-refractivity contribution in [2.45, 2.75) is 13.0 Å². The zero-order chi connectivity index (χ0) is 11.0. The Morgan fingerprint density at radius 2 is 2.27 bits per heavy atom. The molecule has 1 unspecified atom stereocenters. The second-order valence-electron chi connectivity index (χ2n) is 3.54. The average Bonchev–Trinajstić information content (AvgIpc) is 2.61. The second-order valence-corrected chi connectivity index (χ2v) is 3.54. The number of nitrogens with one attached hydrogen (secondary N) is 1. The number of ketones is 1. The van der Waals surface area contributed by atoms with Crippen LogP contribution in [-0.2, 0) is 0 Å². The van der Waals surface area contributed by atoms with Gasteiger partial charge in [-0.05, 0) is 19.1 Å². The Balaban J connectivity index is 2.57. The van der Waals surface area contributed by atoms with Crippen LogP contribution in [0.5, 0.6) is 0 Å². The van der Waals surface area contributed by atoms with E-state index in [1.54, 1.807) is 25.1 Å². The number of Topliss-reactive ketones (excluding diaryl/α,β-unsaturated/α-hetero) is 1. The van der Waals surface area contributed by atoms with Gasteiger partial charge in [-0.15, -0.1) is 0 Å². The Morgan fingerprint density at radius 3 is 2.87 bits per heavy atom. The van der Waals surface area contributed by atoms with Gasteiger partial charge in [0.2, 0.25) is 0 Å². The minimum atomic E-state index is -0.582. The number of nitrogens with two attached hydrogens (primary N) is 1. The molecule has 3 N–H and O–H groups in total. The van der Waals surface area contributed by atoms with Crippen LogP contribution in [0.1, 0.15) is 17.4 Å². The van der Waals surface area contributed by atoms with Gasteiger partial charge >= 0.3 is 0 Å². The highest BCUT2D eigenvalue weighted by molar-refractivity contribution is 6.02. The molecule has 0 saturated carbocycles. The monoisotopic (exact) mass is 206 g/mol. The summed E-state index contributed by atoms with van der Waals surface area (Å²) in [6.07, 6.45) is 0. The van der Waals surface area contributed by atoms with Crippen molar-refractivity contribution < 1.29 is 9.18 Å². The molecule has 1 aromatic carbocycles. The van der Waals surface area contributed by atoms with Crippen LogP contribution in [-0.4, -0.2) is 16.8 Å². The number of aromatic nitrogens is 1. The lowest BCUT2D eigenvalue weighted by Gasteiger charge is -1.99. The first-order valence-electron chi connectivity index (χ1n) is 4.66. The fourth-order valence-corrected chi connectivity index (χ4v) is 1.50. The molecule has 1 aromatic heterocycles. The number of fused-ring (bicyclic) bond motifs is 1. The minimum Gasteiger partial charge on any atom is -0.350 e. The third-order valence-corrected chi connectivity index (χ3v) is 2.28. The zero-order valence-electron chi connectivity index (χ0n) is 8.25. The third kappa shape index (κ3) is 1.64. The molecule has 0 aliphatic rings. The third-order valence-electron chi connectivity index (χ3n) is 2.28. The van der Waals surface area contributed by atoms with Crippen molar-refractivity contribution in [1.29, 1.82) is 0 Å². The summed E-state index contributed by atoms with van der Waals surface area (Å²) in [5.41, 5.74) is 6.17. The number of hydrogen-bond acceptors (Lipinski definition) is 2. The van der Waals surface area contributed by atoms with Gasteiger partial charge in [0.15, 0.2) is 5.78 Å². The first-order valence-corrected chi connectivity index (χ1v) is 4.66. The van der Waals surface area contributed by atoms with Crippen LogP contribution in [0.25, 0.3) is 10.9 Å². The largest absolute Gasteiger partial charge is 0.350 e. The van der Waals surface area contributed by atoms with Gasteiger partial charge in [0.25, 0.3) is 0 Å². The minimum absolute atomic E-state index is 0.217. The molecule has 2 rings (SSSR count). The molecule has 0 radical (unpaired) electrons. The van der Waals surface area contributed by atoms with Gasteiger partial charge in [-0.3, -0.25) is 4.79 Å². The van der Waals surface area contributed by atoms with Crippen molar-refractivity contribution in [2.75, 3.05) is 0 Å². The summed E-state index contributed by atoms with van der Waals surface area (Å²) in [4.78, 5) is 14.3. The van der Waals surface area contributed by atoms with E-state index in [1.165, 1.54) is 6.07 Å². The summed E-state index contributed by atoms with van der Waals surface area (Å²) in [7, 11) is 0. The van der Waals surface area contributed by atoms with Crippen LogP contribution in [0, 0.1) is 5.82 Å². The number of carbonyl (C=O) groups is 1. The topological polar surface area (TPSA) is 58.9 Å². The Bertz CT molecular complexity index is 516. The van der Waals surface area contributed by atoms with Crippen LogP contribution < -0.4 is 5.73 Å². The highest BCUT2D eigenvalue weighted by atomic mass is 19.1. The van der Waals surface area contributed by atoms with E-state index in [0.29, 0.717) is 16.6 Å². The lowest BCUT2D eigenvalue weighted by atomic mass is 10.1. The van der Waals surface area contributed by atoms with Gasteiger partial charge in [0.05, 0.1) is 17.3 Å². The smallest absolute Gasteiger partial charge is 0.195 e. The molecule has 0 amide bonds. The first kappa shape index (κ1) is 9.86. The number of halogens is 1. The highest BCUT2D eigenvalue weighted by Gasteiger charge is 2.14. The van der Waals surface area contributed by atoms with E-state index in [0.717, 1.165) is 0 Å². The van der Waals surface area contributed by atoms with Gasteiger partial charge < -0.3 is 10.7 Å². The van der Waals surface area contributed by atoms with Crippen LogP contribution >= 0.6 is 0 Å². The molecule has 3 nitrogen and oxygen atoms in total. The maximum absolute atomic E-state index is 13.3. The molecule has 0 saturated heterocycles. The summed E-state index contributed by atoms with van der Waals surface area (Å²) in [5, 5.41) is 0.680. The van der Waals surface area contributed by atoms with Crippen molar-refractivity contribution in [1.82, 2.24) is 4.98 Å². The lowest BCUT2D eigenvalue weighted by Crippen LogP contribution is -2.26. The standard InChI is InChI=1S/C11H11FN2O/c1-6(13)11(15)9-5-7-3-2-4-8(12)10(7)14-9/h2-6,14H,13H2,1H3. The molecule has 78 valence electrons. The van der Waals surface area contributed by atoms with E-state index >= 15 is 0 Å². The molecule has 0 fully saturated rings. The number of hydrogen-bond donors (Lipinski definition) is 2. The van der Waals surface area contributed by atoms with Crippen LogP contribution in [0.15, 0.2) is 24.3 Å². The van der Waals surface area contributed by atoms with E-state index in [1.807, 2.05) is 0 Å². The van der Waals surface area contributed by atoms with Crippen LogP contribution in [0.3, 0.4) is 0 Å². The predicted molar refractivity (Wildman–Crippen MR) is 56.2 cm³/mol. The van der Waals surface area contributed by atoms with Gasteiger partial charge in [-0.2, -0.15) is 0 Å². The Labute approximate surface area is 86.1 Å². The van der Waals surface area contributed by atoms with Crippen LogP contribution in [0.4, 0.5) is 4.39 Å². The molecule has 0 bridgehead atoms. The van der Waals surface area contributed by atoms with E-state index in [2.05, 4.69) is 4.98 Å². The number of para-hydroxylation sites is 1. The molecule has 2 aromatic rings. The lowest BCUT2D eigenvalue weighted by molar-refractivity contribution is 0.0964. The SMILES string of the molecule is CC(N)C(=O)c1cc2cccc(F)c2[nH]1. The molecule has 4 heteroatoms. The van der Waals surface area contributed by atoms with E-state index in [-0.39, 0.29) is 11.6 Å². The molecule has 0 aliphatic heterocycles. The van der Waals surface area contributed by atoms with Gasteiger partial charge in [-0.25, -0.2) is 4.39 Å². The van der Waals surface area contributed by atoms with Crippen molar-refractivity contribution in [3.05, 3.63) is 35.8 Å². The van der Waals surface area contributed by atoms with Crippen molar-refractivity contribution in [2.24, 2.45) is 5.73 Å². The van der Waals surface area contributed by atoms with E-state index in [9.17, 15) is 9.18 Å². The average molecular weight is 206 g/mol. The quantitative estimate of drug-likeness (QED) is 0.736. The molecule has 1 heterocycles. The van der Waals surface area contributed by atoms with Gasteiger partial charge in [-0.1, -0.05) is 12.1 Å². The fraction of sp³-hybridized carbons (Fsp3) is 0.182. The van der Waals surface area contributed by atoms with Crippen LogP contribution in [0.2, 0.25) is 0 Å². The number of H-pyrrole nitrogens is 1. The summed E-state index contributed by atoms with van der Waals surface area (Å²) >= 11 is 0. The van der Waals surface area contributed by atoms with Crippen molar-refractivity contribution in [3.8, 4) is 0 Å². The zero-order valence-corrected chi connectivity index (χ0v) is 8.25. The second kappa shape index (κ2) is 3.47. The number of carbonyl (C=O) groups excluding carboxylic acids is 1. The van der Waals surface area contributed by atoms with E-state index < -0.39 is 6.04 Å². The highest BCUT2D eigenvalue weighted by Crippen LogP contribution is 2.18.